The number of aliphatic hydroxyl groups excluding tert-OH is 1. The normalized spacial score (nSPS) is 12.3. The highest BCUT2D eigenvalue weighted by atomic mass is 16.3. The van der Waals surface area contributed by atoms with Crippen molar-refractivity contribution < 1.29 is 9.90 Å². The summed E-state index contributed by atoms with van der Waals surface area (Å²) in [7, 11) is 0. The van der Waals surface area contributed by atoms with Crippen LogP contribution in [0.15, 0.2) is 48.8 Å². The van der Waals surface area contributed by atoms with Gasteiger partial charge in [-0.15, -0.1) is 0 Å². The summed E-state index contributed by atoms with van der Waals surface area (Å²) in [4.78, 5) is 21.6. The van der Waals surface area contributed by atoms with Gasteiger partial charge in [0.2, 0.25) is 0 Å². The van der Waals surface area contributed by atoms with E-state index in [1.807, 2.05) is 51.1 Å². The van der Waals surface area contributed by atoms with Crippen LogP contribution in [0.4, 0.5) is 0 Å². The molecule has 134 valence electrons. The van der Waals surface area contributed by atoms with Gasteiger partial charge in [0.25, 0.3) is 5.91 Å². The van der Waals surface area contributed by atoms with Gasteiger partial charge in [-0.25, -0.2) is 4.98 Å². The van der Waals surface area contributed by atoms with Crippen LogP contribution in [0.2, 0.25) is 0 Å². The number of rotatable bonds is 5. The second kappa shape index (κ2) is 7.62. The van der Waals surface area contributed by atoms with Gasteiger partial charge in [-0.3, -0.25) is 9.78 Å². The smallest absolute Gasteiger partial charge is 0.252 e. The number of aryl methyl sites for hydroxylation is 1. The molecule has 0 bridgehead atoms. The lowest BCUT2D eigenvalue weighted by Gasteiger charge is -2.16. The Bertz CT molecular complexity index is 923. The maximum atomic E-state index is 12.8. The Labute approximate surface area is 153 Å². The molecule has 0 saturated heterocycles. The minimum Gasteiger partial charge on any atom is -0.391 e. The topological polar surface area (TPSA) is 75.1 Å². The number of carbonyl (C=O) groups is 1. The molecular weight excluding hydrogens is 326 g/mol. The fraction of sp³-hybridized carbons (Fsp3) is 0.286. The average molecular weight is 349 g/mol. The zero-order valence-corrected chi connectivity index (χ0v) is 15.2. The van der Waals surface area contributed by atoms with Gasteiger partial charge < -0.3 is 10.4 Å². The van der Waals surface area contributed by atoms with Crippen molar-refractivity contribution in [2.75, 3.05) is 6.54 Å². The first-order chi connectivity index (χ1) is 12.5. The Morgan fingerprint density at radius 3 is 2.73 bits per heavy atom. The Kier molecular flexibility index (Phi) is 5.28. The van der Waals surface area contributed by atoms with Crippen LogP contribution in [0, 0.1) is 12.8 Å². The van der Waals surface area contributed by atoms with Crippen molar-refractivity contribution in [3.05, 3.63) is 59.9 Å². The van der Waals surface area contributed by atoms with Gasteiger partial charge >= 0.3 is 0 Å². The number of benzene rings is 1. The van der Waals surface area contributed by atoms with Gasteiger partial charge in [-0.05, 0) is 43.2 Å². The molecule has 1 atom stereocenters. The predicted octanol–water partition coefficient (Wildman–Crippen LogP) is 3.35. The zero-order chi connectivity index (χ0) is 18.7. The summed E-state index contributed by atoms with van der Waals surface area (Å²) in [5.41, 5.74) is 3.92. The summed E-state index contributed by atoms with van der Waals surface area (Å²) in [6, 6.07) is 11.4. The molecule has 2 aromatic heterocycles. The van der Waals surface area contributed by atoms with E-state index in [0.717, 1.165) is 22.0 Å². The van der Waals surface area contributed by atoms with E-state index in [0.29, 0.717) is 11.3 Å². The molecule has 0 spiro atoms. The first-order valence-electron chi connectivity index (χ1n) is 8.74. The SMILES string of the molecule is Cc1ccc2nc(-c3cccnc3)cc(C(=O)NCC(O)C(C)C)c2c1. The van der Waals surface area contributed by atoms with Crippen LogP contribution in [0.3, 0.4) is 0 Å². The lowest BCUT2D eigenvalue weighted by Crippen LogP contribution is -2.34. The second-order valence-corrected chi connectivity index (χ2v) is 6.84. The molecular formula is C21H23N3O2. The molecule has 2 N–H and O–H groups in total. The van der Waals surface area contributed by atoms with Crippen LogP contribution in [0.25, 0.3) is 22.2 Å². The van der Waals surface area contributed by atoms with Crippen molar-refractivity contribution in [1.29, 1.82) is 0 Å². The molecule has 0 fully saturated rings. The van der Waals surface area contributed by atoms with Crippen LogP contribution in [0.5, 0.6) is 0 Å². The minimum absolute atomic E-state index is 0.0812. The van der Waals surface area contributed by atoms with Gasteiger partial charge in [0.1, 0.15) is 0 Å². The first kappa shape index (κ1) is 18.0. The number of nitrogens with zero attached hydrogens (tertiary/aromatic N) is 2. The molecule has 5 nitrogen and oxygen atoms in total. The third kappa shape index (κ3) is 3.89. The molecule has 1 unspecified atom stereocenters. The summed E-state index contributed by atoms with van der Waals surface area (Å²) in [5, 5.41) is 13.6. The maximum absolute atomic E-state index is 12.8. The highest BCUT2D eigenvalue weighted by molar-refractivity contribution is 6.07. The summed E-state index contributed by atoms with van der Waals surface area (Å²) in [6.07, 6.45) is 2.85. The molecule has 5 heteroatoms. The van der Waals surface area contributed by atoms with Crippen LogP contribution in [-0.2, 0) is 0 Å². The second-order valence-electron chi connectivity index (χ2n) is 6.84. The van der Waals surface area contributed by atoms with Crippen molar-refractivity contribution in [3.63, 3.8) is 0 Å². The molecule has 0 aliphatic carbocycles. The standard InChI is InChI=1S/C21H23N3O2/c1-13(2)20(25)12-23-21(26)17-10-19(15-5-4-8-22-11-15)24-18-7-6-14(3)9-16(17)18/h4-11,13,20,25H,12H2,1-3H3,(H,23,26). The number of hydrogen-bond acceptors (Lipinski definition) is 4. The number of aliphatic hydroxyl groups is 1. The van der Waals surface area contributed by atoms with Gasteiger partial charge in [-0.2, -0.15) is 0 Å². The summed E-state index contributed by atoms with van der Waals surface area (Å²) in [5.74, 6) is -0.134. The van der Waals surface area contributed by atoms with E-state index in [9.17, 15) is 9.90 Å². The molecule has 0 aliphatic heterocycles. The molecule has 0 aliphatic rings. The molecule has 2 heterocycles. The quantitative estimate of drug-likeness (QED) is 0.741. The van der Waals surface area contributed by atoms with E-state index in [1.54, 1.807) is 18.5 Å². The van der Waals surface area contributed by atoms with Crippen LogP contribution >= 0.6 is 0 Å². The van der Waals surface area contributed by atoms with Gasteiger partial charge in [0.15, 0.2) is 0 Å². The molecule has 3 rings (SSSR count). The molecule has 0 saturated carbocycles. The highest BCUT2D eigenvalue weighted by Crippen LogP contribution is 2.25. The van der Waals surface area contributed by atoms with Crippen molar-refractivity contribution in [1.82, 2.24) is 15.3 Å². The van der Waals surface area contributed by atoms with Crippen molar-refractivity contribution >= 4 is 16.8 Å². The summed E-state index contributed by atoms with van der Waals surface area (Å²) < 4.78 is 0. The van der Waals surface area contributed by atoms with Crippen LogP contribution in [-0.4, -0.2) is 33.6 Å². The first-order valence-corrected chi connectivity index (χ1v) is 8.74. The lowest BCUT2D eigenvalue weighted by molar-refractivity contribution is 0.0873. The van der Waals surface area contributed by atoms with Crippen LogP contribution < -0.4 is 5.32 Å². The van der Waals surface area contributed by atoms with E-state index >= 15 is 0 Å². The van der Waals surface area contributed by atoms with E-state index in [-0.39, 0.29) is 18.4 Å². The van der Waals surface area contributed by atoms with Crippen molar-refractivity contribution in [2.24, 2.45) is 5.92 Å². The zero-order valence-electron chi connectivity index (χ0n) is 15.2. The number of nitrogens with one attached hydrogen (secondary N) is 1. The van der Waals surface area contributed by atoms with Gasteiger partial charge in [0, 0.05) is 29.9 Å². The van der Waals surface area contributed by atoms with Crippen molar-refractivity contribution in [3.8, 4) is 11.3 Å². The van der Waals surface area contributed by atoms with Crippen LogP contribution in [0.1, 0.15) is 29.8 Å². The molecule has 26 heavy (non-hydrogen) atoms. The van der Waals surface area contributed by atoms with E-state index in [4.69, 9.17) is 0 Å². The Balaban J connectivity index is 2.04. The minimum atomic E-state index is -0.577. The average Bonchev–Trinajstić information content (AvgIpc) is 2.65. The maximum Gasteiger partial charge on any atom is 0.252 e. The predicted molar refractivity (Wildman–Crippen MR) is 103 cm³/mol. The third-order valence-corrected chi connectivity index (χ3v) is 4.41. The number of hydrogen-bond donors (Lipinski definition) is 2. The third-order valence-electron chi connectivity index (χ3n) is 4.41. The number of aromatic nitrogens is 2. The number of amides is 1. The van der Waals surface area contributed by atoms with Gasteiger partial charge in [0.05, 0.1) is 22.9 Å². The number of carbonyl (C=O) groups excluding carboxylic acids is 1. The molecule has 1 amide bonds. The number of pyridine rings is 2. The molecule has 1 aromatic carbocycles. The fourth-order valence-corrected chi connectivity index (χ4v) is 2.72. The Morgan fingerprint density at radius 1 is 1.23 bits per heavy atom. The van der Waals surface area contributed by atoms with E-state index < -0.39 is 6.10 Å². The van der Waals surface area contributed by atoms with E-state index in [2.05, 4.69) is 15.3 Å². The van der Waals surface area contributed by atoms with Crippen molar-refractivity contribution in [2.45, 2.75) is 26.9 Å². The Hall–Kier alpha value is -2.79. The summed E-state index contributed by atoms with van der Waals surface area (Å²) >= 11 is 0. The lowest BCUT2D eigenvalue weighted by atomic mass is 10.0. The molecule has 0 radical (unpaired) electrons. The largest absolute Gasteiger partial charge is 0.391 e. The molecule has 3 aromatic rings. The van der Waals surface area contributed by atoms with Gasteiger partial charge in [-0.1, -0.05) is 25.5 Å². The monoisotopic (exact) mass is 349 g/mol. The number of fused-ring (bicyclic) bond motifs is 1. The Morgan fingerprint density at radius 2 is 2.04 bits per heavy atom. The summed E-state index contributed by atoms with van der Waals surface area (Å²) in [6.45, 7) is 6.04. The van der Waals surface area contributed by atoms with E-state index in [1.165, 1.54) is 0 Å². The fourth-order valence-electron chi connectivity index (χ4n) is 2.72. The highest BCUT2D eigenvalue weighted by Gasteiger charge is 2.16.